The average molecular weight is 603 g/mol. The molecule has 9 nitrogen and oxygen atoms in total. The first-order valence-corrected chi connectivity index (χ1v) is 14.1. The highest BCUT2D eigenvalue weighted by molar-refractivity contribution is 6.07. The van der Waals surface area contributed by atoms with Gasteiger partial charge in [-0.3, -0.25) is 9.59 Å². The number of hydrogen-bond donors (Lipinski definition) is 2. The van der Waals surface area contributed by atoms with Gasteiger partial charge < -0.3 is 29.7 Å². The maximum atomic E-state index is 16.4. The first-order chi connectivity index (χ1) is 20.4. The summed E-state index contributed by atoms with van der Waals surface area (Å²) < 4.78 is 65.3. The van der Waals surface area contributed by atoms with E-state index >= 15 is 8.78 Å². The van der Waals surface area contributed by atoms with E-state index in [1.165, 1.54) is 6.20 Å². The zero-order valence-corrected chi connectivity index (χ0v) is 24.3. The number of hydrogen-bond acceptors (Lipinski definition) is 7. The fourth-order valence-corrected chi connectivity index (χ4v) is 5.64. The van der Waals surface area contributed by atoms with E-state index < -0.39 is 46.2 Å². The molecule has 5 rings (SSSR count). The summed E-state index contributed by atoms with van der Waals surface area (Å²) in [5.41, 5.74) is -2.70. The minimum absolute atomic E-state index is 0.0100. The molecule has 2 aromatic heterocycles. The van der Waals surface area contributed by atoms with E-state index in [2.05, 4.69) is 20.2 Å². The van der Waals surface area contributed by atoms with Crippen LogP contribution in [0.5, 0.6) is 0 Å². The van der Waals surface area contributed by atoms with Gasteiger partial charge in [0.25, 0.3) is 12.3 Å². The van der Waals surface area contributed by atoms with Gasteiger partial charge in [-0.15, -0.1) is 0 Å². The minimum atomic E-state index is -3.13. The Morgan fingerprint density at radius 3 is 2.42 bits per heavy atom. The second-order valence-electron chi connectivity index (χ2n) is 11.2. The van der Waals surface area contributed by atoms with Crippen LogP contribution in [-0.2, 0) is 4.74 Å². The summed E-state index contributed by atoms with van der Waals surface area (Å²) in [5.74, 6) is -2.38. The smallest absolute Gasteiger partial charge is 0.264 e. The third-order valence-electron chi connectivity index (χ3n) is 7.95. The van der Waals surface area contributed by atoms with Gasteiger partial charge in [0.15, 0.2) is 5.82 Å². The van der Waals surface area contributed by atoms with Gasteiger partial charge in [-0.1, -0.05) is 0 Å². The van der Waals surface area contributed by atoms with Gasteiger partial charge in [0.05, 0.1) is 29.0 Å². The summed E-state index contributed by atoms with van der Waals surface area (Å²) in [4.78, 5) is 37.5. The average Bonchev–Trinajstić information content (AvgIpc) is 2.95. The Labute approximate surface area is 246 Å². The van der Waals surface area contributed by atoms with Crippen molar-refractivity contribution in [3.63, 3.8) is 0 Å². The molecule has 2 aliphatic heterocycles. The van der Waals surface area contributed by atoms with E-state index in [4.69, 9.17) is 4.74 Å². The lowest BCUT2D eigenvalue weighted by atomic mass is 10.0. The van der Waals surface area contributed by atoms with Crippen molar-refractivity contribution in [2.45, 2.75) is 45.4 Å². The van der Waals surface area contributed by atoms with Crippen molar-refractivity contribution in [2.75, 3.05) is 54.9 Å². The number of halogens is 4. The number of rotatable bonds is 6. The molecule has 0 bridgehead atoms. The lowest BCUT2D eigenvalue weighted by Crippen LogP contribution is -2.50. The van der Waals surface area contributed by atoms with Crippen LogP contribution in [-0.4, -0.2) is 78.8 Å². The molecule has 230 valence electrons. The number of ether oxygens (including phenoxy) is 1. The van der Waals surface area contributed by atoms with Gasteiger partial charge in [0.1, 0.15) is 17.3 Å². The van der Waals surface area contributed by atoms with E-state index in [1.54, 1.807) is 17.0 Å². The molecular formula is C30H34F4N6O3. The number of piperazine rings is 1. The molecule has 0 aliphatic carbocycles. The number of carbonyl (C=O) groups excluding carboxylic acids is 1. The fourth-order valence-electron chi connectivity index (χ4n) is 5.64. The van der Waals surface area contributed by atoms with Crippen LogP contribution < -0.4 is 20.7 Å². The molecule has 13 heteroatoms. The second kappa shape index (κ2) is 12.3. The maximum absolute atomic E-state index is 16.4. The van der Waals surface area contributed by atoms with Crippen molar-refractivity contribution in [3.05, 3.63) is 69.8 Å². The molecule has 4 heterocycles. The number of nitrogens with one attached hydrogen (secondary N) is 2. The quantitative estimate of drug-likeness (QED) is 0.397. The Morgan fingerprint density at radius 1 is 1.07 bits per heavy atom. The normalized spacial score (nSPS) is 21.4. The molecule has 2 fully saturated rings. The van der Waals surface area contributed by atoms with E-state index in [-0.39, 0.29) is 35.2 Å². The van der Waals surface area contributed by atoms with E-state index in [0.29, 0.717) is 44.6 Å². The van der Waals surface area contributed by atoms with Crippen LogP contribution in [0, 0.1) is 11.6 Å². The van der Waals surface area contributed by atoms with Crippen LogP contribution in [0.3, 0.4) is 0 Å². The summed E-state index contributed by atoms with van der Waals surface area (Å²) in [6, 6.07) is 5.02. The molecule has 1 aromatic carbocycles. The zero-order valence-electron chi connectivity index (χ0n) is 24.3. The zero-order chi connectivity index (χ0) is 31.0. The highest BCUT2D eigenvalue weighted by Crippen LogP contribution is 2.39. The largest absolute Gasteiger partial charge is 0.372 e. The number of benzene rings is 1. The molecule has 2 N–H and O–H groups in total. The SMILES string of the molecule is CC1CN(c2cc(F)c(-c3ccc(N4C[C@@H](C)O[C@@H](C)C4)nc3)c(F)c2NC(=O)c2c[nH]c(=O)cc2C(F)F)CCN1C. The molecule has 0 saturated carbocycles. The Balaban J connectivity index is 1.55. The van der Waals surface area contributed by atoms with Gasteiger partial charge in [-0.25, -0.2) is 22.5 Å². The summed E-state index contributed by atoms with van der Waals surface area (Å²) in [5, 5.41) is 2.41. The van der Waals surface area contributed by atoms with E-state index in [0.717, 1.165) is 12.3 Å². The van der Waals surface area contributed by atoms with Crippen molar-refractivity contribution >= 4 is 23.1 Å². The van der Waals surface area contributed by atoms with E-state index in [9.17, 15) is 18.4 Å². The van der Waals surface area contributed by atoms with Crippen LogP contribution in [0.1, 0.15) is 43.1 Å². The fraction of sp³-hybridized carbons (Fsp3) is 0.433. The van der Waals surface area contributed by atoms with Crippen molar-refractivity contribution < 1.29 is 27.1 Å². The number of carbonyl (C=O) groups is 1. The first kappa shape index (κ1) is 30.5. The topological polar surface area (TPSA) is 93.8 Å². The Morgan fingerprint density at radius 2 is 1.79 bits per heavy atom. The summed E-state index contributed by atoms with van der Waals surface area (Å²) in [6.45, 7) is 8.51. The van der Waals surface area contributed by atoms with E-state index in [1.807, 2.05) is 32.7 Å². The monoisotopic (exact) mass is 602 g/mol. The van der Waals surface area contributed by atoms with Crippen LogP contribution in [0.15, 0.2) is 41.5 Å². The number of amides is 1. The Kier molecular flexibility index (Phi) is 8.74. The highest BCUT2D eigenvalue weighted by atomic mass is 19.3. The predicted octanol–water partition coefficient (Wildman–Crippen LogP) is 4.66. The second-order valence-corrected chi connectivity index (χ2v) is 11.2. The number of H-pyrrole nitrogens is 1. The maximum Gasteiger partial charge on any atom is 0.264 e. The van der Waals surface area contributed by atoms with Crippen LogP contribution in [0.4, 0.5) is 34.8 Å². The lowest BCUT2D eigenvalue weighted by Gasteiger charge is -2.39. The molecule has 1 amide bonds. The number of likely N-dealkylation sites (N-methyl/N-ethyl adjacent to an activating group) is 1. The highest BCUT2D eigenvalue weighted by Gasteiger charge is 2.30. The van der Waals surface area contributed by atoms with Gasteiger partial charge in [-0.2, -0.15) is 0 Å². The number of aromatic nitrogens is 2. The van der Waals surface area contributed by atoms with Gasteiger partial charge in [-0.05, 0) is 40.0 Å². The van der Waals surface area contributed by atoms with Crippen LogP contribution >= 0.6 is 0 Å². The number of morpholine rings is 1. The summed E-state index contributed by atoms with van der Waals surface area (Å²) in [7, 11) is 1.94. The molecular weight excluding hydrogens is 568 g/mol. The molecule has 2 aliphatic rings. The number of nitrogens with zero attached hydrogens (tertiary/aromatic N) is 4. The number of pyridine rings is 2. The third kappa shape index (κ3) is 6.37. The van der Waals surface area contributed by atoms with Gasteiger partial charge >= 0.3 is 0 Å². The van der Waals surface area contributed by atoms with Crippen LogP contribution in [0.25, 0.3) is 11.1 Å². The summed E-state index contributed by atoms with van der Waals surface area (Å²) >= 11 is 0. The third-order valence-corrected chi connectivity index (χ3v) is 7.95. The Hall–Kier alpha value is -3.97. The molecule has 3 aromatic rings. The standard InChI is InChI=1S/C30H34F4N6O3/c1-16-13-39(8-7-38(16)4)23-10-22(31)26(19-5-6-24(35-11-19)40-14-17(2)43-18(3)15-40)27(32)28(23)37-30(42)21-12-36-25(41)9-20(21)29(33)34/h5-6,9-12,16-18,29H,7-8,13-15H2,1-4H3,(H,36,41)(H,37,42)/t16?,17-,18+. The molecule has 2 saturated heterocycles. The molecule has 1 unspecified atom stereocenters. The van der Waals surface area contributed by atoms with Crippen LogP contribution in [0.2, 0.25) is 0 Å². The number of aromatic amines is 1. The van der Waals surface area contributed by atoms with Gasteiger partial charge in [0.2, 0.25) is 5.56 Å². The minimum Gasteiger partial charge on any atom is -0.372 e. The number of anilines is 3. The number of alkyl halides is 2. The molecule has 0 radical (unpaired) electrons. The predicted molar refractivity (Wildman–Crippen MR) is 156 cm³/mol. The van der Waals surface area contributed by atoms with Crippen molar-refractivity contribution in [1.82, 2.24) is 14.9 Å². The first-order valence-electron chi connectivity index (χ1n) is 14.1. The molecule has 3 atom stereocenters. The Bertz CT molecular complexity index is 1540. The summed E-state index contributed by atoms with van der Waals surface area (Å²) in [6.07, 6.45) is -0.929. The molecule has 0 spiro atoms. The molecule has 43 heavy (non-hydrogen) atoms. The van der Waals surface area contributed by atoms with Crippen molar-refractivity contribution in [1.29, 1.82) is 0 Å². The van der Waals surface area contributed by atoms with Crippen molar-refractivity contribution in [3.8, 4) is 11.1 Å². The lowest BCUT2D eigenvalue weighted by molar-refractivity contribution is -0.00546. The van der Waals surface area contributed by atoms with Crippen molar-refractivity contribution in [2.24, 2.45) is 0 Å². The van der Waals surface area contributed by atoms with Gasteiger partial charge in [0, 0.05) is 74.4 Å².